The van der Waals surface area contributed by atoms with Gasteiger partial charge in [0.25, 0.3) is 0 Å². The lowest BCUT2D eigenvalue weighted by molar-refractivity contribution is -0.123. The first-order valence-electron chi connectivity index (χ1n) is 9.58. The van der Waals surface area contributed by atoms with E-state index >= 15 is 0 Å². The van der Waals surface area contributed by atoms with E-state index in [0.29, 0.717) is 31.2 Å². The van der Waals surface area contributed by atoms with Gasteiger partial charge >= 0.3 is 0 Å². The highest BCUT2D eigenvalue weighted by Gasteiger charge is 2.42. The first-order valence-corrected chi connectivity index (χ1v) is 9.58. The van der Waals surface area contributed by atoms with Gasteiger partial charge in [-0.25, -0.2) is 4.99 Å². The lowest BCUT2D eigenvalue weighted by atomic mass is 9.81. The van der Waals surface area contributed by atoms with Crippen molar-refractivity contribution in [2.75, 3.05) is 6.54 Å². The molecule has 1 saturated heterocycles. The van der Waals surface area contributed by atoms with Crippen LogP contribution < -0.4 is 5.32 Å². The molecule has 0 radical (unpaired) electrons. The maximum absolute atomic E-state index is 11.6. The van der Waals surface area contributed by atoms with Gasteiger partial charge in [0.1, 0.15) is 12.1 Å². The molecule has 5 heteroatoms. The Kier molecular flexibility index (Phi) is 5.71. The highest BCUT2D eigenvalue weighted by atomic mass is 16.1. The van der Waals surface area contributed by atoms with E-state index in [9.17, 15) is 9.59 Å². The molecule has 2 unspecified atom stereocenters. The van der Waals surface area contributed by atoms with Crippen LogP contribution in [-0.4, -0.2) is 35.9 Å². The number of aldehydes is 1. The number of aliphatic imine (C=N–C) groups is 1. The number of hydrogen-bond donors (Lipinski definition) is 1. The summed E-state index contributed by atoms with van der Waals surface area (Å²) in [7, 11) is 0. The van der Waals surface area contributed by atoms with E-state index in [1.165, 1.54) is 11.3 Å². The van der Waals surface area contributed by atoms with E-state index in [1.54, 1.807) is 0 Å². The summed E-state index contributed by atoms with van der Waals surface area (Å²) < 4.78 is 0. The molecule has 0 aromatic carbocycles. The molecular formula is C20H29N3O2. The molecule has 0 bridgehead atoms. The third-order valence-corrected chi connectivity index (χ3v) is 5.69. The third kappa shape index (κ3) is 3.55. The van der Waals surface area contributed by atoms with Crippen molar-refractivity contribution in [2.24, 2.45) is 16.8 Å². The fourth-order valence-corrected chi connectivity index (χ4v) is 4.47. The highest BCUT2D eigenvalue weighted by molar-refractivity contribution is 5.76. The van der Waals surface area contributed by atoms with Crippen LogP contribution in [-0.2, 0) is 9.59 Å². The lowest BCUT2D eigenvalue weighted by Gasteiger charge is -2.36. The minimum atomic E-state index is 0.145. The average molecular weight is 343 g/mol. The fourth-order valence-electron chi connectivity index (χ4n) is 4.47. The number of allylic oxidation sites excluding steroid dienone is 2. The minimum absolute atomic E-state index is 0.145. The van der Waals surface area contributed by atoms with Crippen molar-refractivity contribution in [1.29, 1.82) is 0 Å². The third-order valence-electron chi connectivity index (χ3n) is 5.69. The number of amides is 1. The number of carbonyl (C=O) groups is 2. The van der Waals surface area contributed by atoms with E-state index in [0.717, 1.165) is 44.2 Å². The number of nitrogens with one attached hydrogen (secondary N) is 1. The van der Waals surface area contributed by atoms with Gasteiger partial charge in [-0.3, -0.25) is 4.79 Å². The summed E-state index contributed by atoms with van der Waals surface area (Å²) in [5.74, 6) is 2.01. The van der Waals surface area contributed by atoms with Gasteiger partial charge in [0.15, 0.2) is 0 Å². The molecule has 3 rings (SSSR count). The molecule has 25 heavy (non-hydrogen) atoms. The van der Waals surface area contributed by atoms with Crippen LogP contribution in [0.5, 0.6) is 0 Å². The van der Waals surface area contributed by atoms with Crippen molar-refractivity contribution >= 4 is 18.4 Å². The van der Waals surface area contributed by atoms with Crippen LogP contribution in [0, 0.1) is 11.8 Å². The van der Waals surface area contributed by atoms with Gasteiger partial charge in [0.2, 0.25) is 5.91 Å². The molecular weight excluding hydrogens is 314 g/mol. The number of nitrogens with zero attached hydrogens (tertiary/aromatic N) is 2. The van der Waals surface area contributed by atoms with Gasteiger partial charge in [-0.1, -0.05) is 13.0 Å². The zero-order chi connectivity index (χ0) is 17.8. The molecule has 3 aliphatic heterocycles. The smallest absolute Gasteiger partial charge is 0.220 e. The normalized spacial score (nSPS) is 29.4. The van der Waals surface area contributed by atoms with Crippen LogP contribution in [0.4, 0.5) is 0 Å². The van der Waals surface area contributed by atoms with Crippen molar-refractivity contribution < 1.29 is 9.59 Å². The molecule has 0 saturated carbocycles. The molecule has 1 N–H and O–H groups in total. The topological polar surface area (TPSA) is 61.8 Å². The van der Waals surface area contributed by atoms with Crippen molar-refractivity contribution in [3.05, 3.63) is 23.2 Å². The van der Waals surface area contributed by atoms with E-state index in [-0.39, 0.29) is 11.9 Å². The fraction of sp³-hybridized carbons (Fsp3) is 0.650. The summed E-state index contributed by atoms with van der Waals surface area (Å²) in [5.41, 5.74) is 2.74. The first kappa shape index (κ1) is 17.9. The zero-order valence-corrected chi connectivity index (χ0v) is 15.3. The zero-order valence-electron chi connectivity index (χ0n) is 15.3. The second-order valence-electron chi connectivity index (χ2n) is 7.33. The van der Waals surface area contributed by atoms with Gasteiger partial charge in [0, 0.05) is 37.2 Å². The summed E-state index contributed by atoms with van der Waals surface area (Å²) >= 11 is 0. The standard InChI is InChI=1S/C20H29N3O2/c1-3-17-19(14(2)7-6-12-24)16-8-4-5-11-21-20(16)23(17)15-9-10-18(25)22-13-15/h3,11-12,14-15,19H,4-10,13H2,1-2H3,(H,22,25)/b17-3+/t14?,15?,19-/m0/s1. The van der Waals surface area contributed by atoms with Crippen LogP contribution in [0.3, 0.4) is 0 Å². The van der Waals surface area contributed by atoms with E-state index in [1.807, 2.05) is 6.21 Å². The maximum Gasteiger partial charge on any atom is 0.220 e. The summed E-state index contributed by atoms with van der Waals surface area (Å²) in [6.07, 6.45) is 11.5. The number of carbonyl (C=O) groups excluding carboxylic acids is 2. The molecule has 0 aromatic rings. The van der Waals surface area contributed by atoms with E-state index in [4.69, 9.17) is 4.99 Å². The molecule has 5 nitrogen and oxygen atoms in total. The van der Waals surface area contributed by atoms with Crippen molar-refractivity contribution in [2.45, 2.75) is 64.8 Å². The molecule has 0 spiro atoms. The van der Waals surface area contributed by atoms with Gasteiger partial charge in [0.05, 0.1) is 6.04 Å². The summed E-state index contributed by atoms with van der Waals surface area (Å²) in [5, 5.41) is 3.01. The Balaban J connectivity index is 1.94. The van der Waals surface area contributed by atoms with E-state index < -0.39 is 0 Å². The van der Waals surface area contributed by atoms with Gasteiger partial charge in [-0.15, -0.1) is 0 Å². The van der Waals surface area contributed by atoms with Crippen LogP contribution in [0.25, 0.3) is 0 Å². The molecule has 1 fully saturated rings. The lowest BCUT2D eigenvalue weighted by Crippen LogP contribution is -2.46. The second-order valence-corrected chi connectivity index (χ2v) is 7.33. The van der Waals surface area contributed by atoms with Crippen LogP contribution in [0.15, 0.2) is 28.2 Å². The monoisotopic (exact) mass is 343 g/mol. The quantitative estimate of drug-likeness (QED) is 0.780. The highest BCUT2D eigenvalue weighted by Crippen LogP contribution is 2.47. The SMILES string of the molecule is C/C=C1\[C@@H](C(C)CCC=O)C2=C(N=CCCC2)N1C1CCC(=O)NC1. The minimum Gasteiger partial charge on any atom is -0.354 e. The Bertz CT molecular complexity index is 610. The Hall–Kier alpha value is -1.91. The predicted molar refractivity (Wildman–Crippen MR) is 98.9 cm³/mol. The molecule has 3 heterocycles. The van der Waals surface area contributed by atoms with Crippen molar-refractivity contribution in [1.82, 2.24) is 10.2 Å². The molecule has 3 aliphatic rings. The Morgan fingerprint density at radius 2 is 2.28 bits per heavy atom. The van der Waals surface area contributed by atoms with Crippen molar-refractivity contribution in [3.8, 4) is 0 Å². The second kappa shape index (κ2) is 7.98. The van der Waals surface area contributed by atoms with Crippen LogP contribution >= 0.6 is 0 Å². The molecule has 0 aromatic heterocycles. The van der Waals surface area contributed by atoms with Crippen LogP contribution in [0.2, 0.25) is 0 Å². The van der Waals surface area contributed by atoms with Gasteiger partial charge in [-0.2, -0.15) is 0 Å². The van der Waals surface area contributed by atoms with Gasteiger partial charge < -0.3 is 15.0 Å². The maximum atomic E-state index is 11.6. The number of hydrogen-bond acceptors (Lipinski definition) is 4. The number of rotatable bonds is 5. The summed E-state index contributed by atoms with van der Waals surface area (Å²) in [6, 6.07) is 0.271. The Morgan fingerprint density at radius 3 is 2.96 bits per heavy atom. The number of piperidine rings is 1. The Morgan fingerprint density at radius 1 is 1.44 bits per heavy atom. The Labute approximate surface area is 150 Å². The molecule has 136 valence electrons. The average Bonchev–Trinajstić information content (AvgIpc) is 2.76. The van der Waals surface area contributed by atoms with Gasteiger partial charge in [-0.05, 0) is 50.5 Å². The summed E-state index contributed by atoms with van der Waals surface area (Å²) in [6.45, 7) is 5.03. The molecule has 0 aliphatic carbocycles. The summed E-state index contributed by atoms with van der Waals surface area (Å²) in [4.78, 5) is 29.7. The van der Waals surface area contributed by atoms with Crippen LogP contribution in [0.1, 0.15) is 58.8 Å². The molecule has 1 amide bonds. The van der Waals surface area contributed by atoms with E-state index in [2.05, 4.69) is 30.1 Å². The first-order chi connectivity index (χ1) is 12.2. The largest absolute Gasteiger partial charge is 0.354 e. The molecule has 3 atom stereocenters. The van der Waals surface area contributed by atoms with Crippen molar-refractivity contribution in [3.63, 3.8) is 0 Å². The predicted octanol–water partition coefficient (Wildman–Crippen LogP) is 3.18.